The summed E-state index contributed by atoms with van der Waals surface area (Å²) in [6.45, 7) is 0.0557. The lowest BCUT2D eigenvalue weighted by Crippen LogP contribution is -2.46. The van der Waals surface area contributed by atoms with Gasteiger partial charge in [0.25, 0.3) is 0 Å². The van der Waals surface area contributed by atoms with E-state index >= 15 is 0 Å². The largest absolute Gasteiger partial charge is 0.444 e. The first-order chi connectivity index (χ1) is 25.3. The first-order valence-electron chi connectivity index (χ1n) is 18.6. The number of aryl methyl sites for hydroxylation is 1. The van der Waals surface area contributed by atoms with Gasteiger partial charge in [-0.25, -0.2) is 26.4 Å². The first-order valence-corrected chi connectivity index (χ1v) is 20.1. The van der Waals surface area contributed by atoms with Crippen molar-refractivity contribution in [3.8, 4) is 0 Å². The fraction of sp³-hybridized carbons (Fsp3) is 0.538. The van der Waals surface area contributed by atoms with E-state index in [9.17, 15) is 40.8 Å². The lowest BCUT2D eigenvalue weighted by Gasteiger charge is -2.29. The molecule has 0 bridgehead atoms. The number of hydrogen-bond donors (Lipinski definition) is 1. The minimum Gasteiger partial charge on any atom is -0.444 e. The summed E-state index contributed by atoms with van der Waals surface area (Å²) in [6.07, 6.45) is 7.03. The van der Waals surface area contributed by atoms with Gasteiger partial charge in [0, 0.05) is 36.9 Å². The highest BCUT2D eigenvalue weighted by molar-refractivity contribution is 7.90. The van der Waals surface area contributed by atoms with Gasteiger partial charge >= 0.3 is 6.09 Å². The van der Waals surface area contributed by atoms with Crippen molar-refractivity contribution in [1.82, 2.24) is 14.5 Å². The van der Waals surface area contributed by atoms with Crippen LogP contribution in [0.1, 0.15) is 87.3 Å². The highest BCUT2D eigenvalue weighted by Crippen LogP contribution is 2.57. The topological polar surface area (TPSA) is 130 Å². The molecule has 2 aromatic carbocycles. The summed E-state index contributed by atoms with van der Waals surface area (Å²) < 4.78 is 76.2. The number of ether oxygens (including phenoxy) is 1. The van der Waals surface area contributed by atoms with Crippen molar-refractivity contribution in [2.24, 2.45) is 17.3 Å². The van der Waals surface area contributed by atoms with Gasteiger partial charge in [-0.2, -0.15) is 0 Å². The number of fused-ring (bicyclic) bond motifs is 3. The number of allylic oxidation sites excluding steroid dienone is 2. The second-order valence-electron chi connectivity index (χ2n) is 15.3. The van der Waals surface area contributed by atoms with Crippen molar-refractivity contribution in [3.05, 3.63) is 82.7 Å². The van der Waals surface area contributed by atoms with Crippen LogP contribution in [-0.2, 0) is 48.7 Å². The minimum atomic E-state index is -3.88. The van der Waals surface area contributed by atoms with E-state index in [-0.39, 0.29) is 63.6 Å². The van der Waals surface area contributed by atoms with E-state index in [1.54, 1.807) is 12.1 Å². The van der Waals surface area contributed by atoms with E-state index in [0.717, 1.165) is 18.9 Å². The Morgan fingerprint density at radius 2 is 1.75 bits per heavy atom. The average molecular weight is 756 g/mol. The Morgan fingerprint density at radius 3 is 2.49 bits per heavy atom. The molecule has 2 aliphatic carbocycles. The predicted octanol–water partition coefficient (Wildman–Crippen LogP) is 5.87. The Kier molecular flexibility index (Phi) is 10.4. The molecule has 5 aliphatic rings. The van der Waals surface area contributed by atoms with Crippen LogP contribution in [0.5, 0.6) is 0 Å². The fourth-order valence-corrected chi connectivity index (χ4v) is 9.61. The number of halogens is 3. The smallest absolute Gasteiger partial charge is 0.410 e. The molecule has 284 valence electrons. The van der Waals surface area contributed by atoms with Crippen molar-refractivity contribution >= 4 is 33.7 Å². The van der Waals surface area contributed by atoms with E-state index in [0.29, 0.717) is 48.8 Å². The number of nitrogens with one attached hydrogen (secondary N) is 1. The zero-order chi connectivity index (χ0) is 37.5. The van der Waals surface area contributed by atoms with Gasteiger partial charge in [0.2, 0.25) is 21.8 Å². The summed E-state index contributed by atoms with van der Waals surface area (Å²) in [4.78, 5) is 58.7. The molecule has 0 radical (unpaired) electrons. The monoisotopic (exact) mass is 755 g/mol. The molecule has 1 N–H and O–H groups in total. The number of ketones is 1. The maximum absolute atomic E-state index is 14.5. The van der Waals surface area contributed by atoms with Crippen molar-refractivity contribution < 1.29 is 45.5 Å². The molecule has 0 spiro atoms. The molecule has 3 fully saturated rings. The molecule has 14 heteroatoms. The summed E-state index contributed by atoms with van der Waals surface area (Å²) >= 11 is 0. The first kappa shape index (κ1) is 37.1. The summed E-state index contributed by atoms with van der Waals surface area (Å²) in [5, 5.41) is -0.632. The summed E-state index contributed by atoms with van der Waals surface area (Å²) in [6, 6.07) is 6.80. The Hall–Kier alpha value is -4.20. The van der Waals surface area contributed by atoms with Crippen LogP contribution in [0.25, 0.3) is 0 Å². The Labute approximate surface area is 307 Å². The maximum atomic E-state index is 14.5. The van der Waals surface area contributed by atoms with Crippen LogP contribution in [0.3, 0.4) is 0 Å². The zero-order valence-corrected chi connectivity index (χ0v) is 30.2. The Morgan fingerprint density at radius 1 is 0.981 bits per heavy atom. The number of hydrogen-bond acceptors (Lipinski definition) is 7. The van der Waals surface area contributed by atoms with Gasteiger partial charge < -0.3 is 9.64 Å². The molecule has 3 aliphatic heterocycles. The number of carbonyl (C=O) groups excluding carboxylic acids is 4. The van der Waals surface area contributed by atoms with Crippen LogP contribution in [0.4, 0.5) is 18.0 Å². The molecule has 2 aromatic rings. The third kappa shape index (κ3) is 8.17. The number of benzene rings is 2. The van der Waals surface area contributed by atoms with E-state index in [2.05, 4.69) is 4.72 Å². The molecular formula is C39H44F3N3O7S. The van der Waals surface area contributed by atoms with Gasteiger partial charge in [-0.15, -0.1) is 0 Å². The molecule has 10 nitrogen and oxygen atoms in total. The van der Waals surface area contributed by atoms with Crippen LogP contribution in [0.2, 0.25) is 0 Å². The second kappa shape index (κ2) is 14.9. The van der Waals surface area contributed by atoms with Crippen LogP contribution < -0.4 is 4.72 Å². The highest BCUT2D eigenvalue weighted by Gasteiger charge is 2.61. The Balaban J connectivity index is 1.14. The summed E-state index contributed by atoms with van der Waals surface area (Å²) in [5.74, 6) is -4.37. The predicted molar refractivity (Wildman–Crippen MR) is 187 cm³/mol. The number of sulfonamides is 1. The molecule has 2 saturated carbocycles. The lowest BCUT2D eigenvalue weighted by molar-refractivity contribution is -0.142. The standard InChI is InChI=1S/C39H44F3N3O7S/c40-28-15-24(16-29(41)17-28)11-12-25-7-4-2-1-3-5-9-27-19-39(27,37(48)43-53(50,51)31-13-14-31)20-35(46)34-18-30(22-45(34)36(25)47)52-38(49)44-21-26-8-6-10-33(42)32(26)23-44/h5-6,8-10,15-17,25,27,30-31,34H,1-4,7,11-14,18-23H2,(H,43,48)/b9-5-/t25-,27-,30-,34+,39-/m1/s1. The van der Waals surface area contributed by atoms with Gasteiger partial charge in [-0.3, -0.25) is 24.0 Å². The molecule has 0 unspecified atom stereocenters. The van der Waals surface area contributed by atoms with Gasteiger partial charge in [-0.05, 0) is 86.6 Å². The number of carbonyl (C=O) groups is 4. The number of amides is 3. The molecule has 3 heterocycles. The quantitative estimate of drug-likeness (QED) is 0.350. The third-order valence-electron chi connectivity index (χ3n) is 11.5. The Bertz CT molecular complexity index is 1920. The van der Waals surface area contributed by atoms with Crippen LogP contribution in [0, 0.1) is 34.7 Å². The van der Waals surface area contributed by atoms with Crippen LogP contribution >= 0.6 is 0 Å². The summed E-state index contributed by atoms with van der Waals surface area (Å²) in [5.41, 5.74) is 0.155. The van der Waals surface area contributed by atoms with Crippen LogP contribution in [0.15, 0.2) is 48.6 Å². The fourth-order valence-electron chi connectivity index (χ4n) is 8.22. The molecule has 5 atom stereocenters. The van der Waals surface area contributed by atoms with Crippen molar-refractivity contribution in [2.75, 3.05) is 6.54 Å². The highest BCUT2D eigenvalue weighted by atomic mass is 32.2. The minimum absolute atomic E-state index is 0.0115. The van der Waals surface area contributed by atoms with Gasteiger partial charge in [0.15, 0.2) is 5.78 Å². The molecule has 7 rings (SSSR count). The zero-order valence-electron chi connectivity index (χ0n) is 29.4. The summed E-state index contributed by atoms with van der Waals surface area (Å²) in [7, 11) is -3.88. The van der Waals surface area contributed by atoms with Gasteiger partial charge in [0.1, 0.15) is 23.6 Å². The van der Waals surface area contributed by atoms with E-state index in [1.165, 1.54) is 28.0 Å². The normalized spacial score (nSPS) is 28.3. The van der Waals surface area contributed by atoms with Crippen LogP contribution in [-0.4, -0.2) is 65.8 Å². The maximum Gasteiger partial charge on any atom is 0.410 e. The third-order valence-corrected chi connectivity index (χ3v) is 13.3. The average Bonchev–Trinajstić information content (AvgIpc) is 3.99. The number of Topliss-reactive ketones (excluding diaryl/α,β-unsaturated/α-hetero) is 1. The van der Waals surface area contributed by atoms with Crippen molar-refractivity contribution in [3.63, 3.8) is 0 Å². The van der Waals surface area contributed by atoms with E-state index in [1.807, 2.05) is 12.2 Å². The lowest BCUT2D eigenvalue weighted by atomic mass is 9.90. The van der Waals surface area contributed by atoms with Gasteiger partial charge in [-0.1, -0.05) is 37.1 Å². The van der Waals surface area contributed by atoms with Crippen molar-refractivity contribution in [2.45, 2.75) is 108 Å². The molecule has 3 amide bonds. The SMILES string of the molecule is O=C1C[C@]2(C(=O)NS(=O)(=O)C3CC3)C[C@H]2/C=C\CCCCC[C@H](CCc2cc(F)cc(F)c2)C(=O)N2C[C@H](OC(=O)N3Cc4cccc(F)c4C3)C[C@@H]12. The number of rotatable bonds is 7. The second-order valence-corrected chi connectivity index (χ2v) is 17.3. The van der Waals surface area contributed by atoms with Gasteiger partial charge in [0.05, 0.1) is 29.8 Å². The molecule has 0 aromatic heterocycles. The molecule has 53 heavy (non-hydrogen) atoms. The van der Waals surface area contributed by atoms with Crippen molar-refractivity contribution in [1.29, 1.82) is 0 Å². The van der Waals surface area contributed by atoms with E-state index in [4.69, 9.17) is 4.74 Å². The number of nitrogens with zero attached hydrogens (tertiary/aromatic N) is 2. The van der Waals surface area contributed by atoms with E-state index < -0.39 is 74.0 Å². The molecular weight excluding hydrogens is 712 g/mol. The molecule has 1 saturated heterocycles.